The van der Waals surface area contributed by atoms with Crippen LogP contribution in [0, 0.1) is 0 Å². The van der Waals surface area contributed by atoms with E-state index in [2.05, 4.69) is 10.3 Å². The molecule has 0 spiro atoms. The Labute approximate surface area is 121 Å². The number of nitrogens with zero attached hydrogens (tertiary/aromatic N) is 3. The number of rotatable bonds is 2. The quantitative estimate of drug-likeness (QED) is 0.845. The summed E-state index contributed by atoms with van der Waals surface area (Å²) in [6, 6.07) is 0.154. The fraction of sp³-hybridized carbons (Fsp3) is 0.615. The minimum Gasteiger partial charge on any atom is -0.336 e. The lowest BCUT2D eigenvalue weighted by Gasteiger charge is -2.40. The summed E-state index contributed by atoms with van der Waals surface area (Å²) in [5, 5.41) is 4.86. The largest absolute Gasteiger partial charge is 0.336 e. The first-order chi connectivity index (χ1) is 9.75. The topological polar surface area (TPSA) is 65.5 Å². The van der Waals surface area contributed by atoms with E-state index >= 15 is 0 Å². The molecule has 1 atom stereocenters. The van der Waals surface area contributed by atoms with Crippen molar-refractivity contribution in [2.24, 2.45) is 0 Å². The maximum atomic E-state index is 12.3. The molecule has 7 heteroatoms. The molecule has 2 aliphatic rings. The van der Waals surface area contributed by atoms with Crippen molar-refractivity contribution in [1.82, 2.24) is 20.1 Å². The van der Waals surface area contributed by atoms with Gasteiger partial charge in [-0.05, 0) is 12.8 Å². The second-order valence-electron chi connectivity index (χ2n) is 5.18. The van der Waals surface area contributed by atoms with E-state index in [9.17, 15) is 9.59 Å². The summed E-state index contributed by atoms with van der Waals surface area (Å²) in [5.74, 6) is 0.128. The van der Waals surface area contributed by atoms with Gasteiger partial charge in [0.1, 0.15) is 5.69 Å². The van der Waals surface area contributed by atoms with Crippen molar-refractivity contribution >= 4 is 23.2 Å². The Morgan fingerprint density at radius 3 is 3.10 bits per heavy atom. The van der Waals surface area contributed by atoms with E-state index < -0.39 is 0 Å². The third-order valence-corrected chi connectivity index (χ3v) is 4.49. The third kappa shape index (κ3) is 2.69. The summed E-state index contributed by atoms with van der Waals surface area (Å²) in [5.41, 5.74) is 2.19. The molecule has 1 unspecified atom stereocenters. The Balaban J connectivity index is 1.67. The number of hydrogen-bond donors (Lipinski definition) is 1. The molecule has 3 rings (SSSR count). The highest BCUT2D eigenvalue weighted by molar-refractivity contribution is 7.07. The number of piperazine rings is 1. The van der Waals surface area contributed by atoms with Gasteiger partial charge in [-0.3, -0.25) is 9.59 Å². The molecular weight excluding hydrogens is 276 g/mol. The zero-order valence-electron chi connectivity index (χ0n) is 11.2. The van der Waals surface area contributed by atoms with Gasteiger partial charge in [0, 0.05) is 37.6 Å². The summed E-state index contributed by atoms with van der Waals surface area (Å²) in [7, 11) is 0. The fourth-order valence-electron chi connectivity index (χ4n) is 2.88. The maximum Gasteiger partial charge on any atom is 0.273 e. The number of carbonyl (C=O) groups is 2. The summed E-state index contributed by atoms with van der Waals surface area (Å²) in [4.78, 5) is 32.1. The van der Waals surface area contributed by atoms with Crippen LogP contribution in [0.5, 0.6) is 0 Å². The number of piperidine rings is 1. The van der Waals surface area contributed by atoms with Gasteiger partial charge >= 0.3 is 0 Å². The van der Waals surface area contributed by atoms with Gasteiger partial charge in [0.2, 0.25) is 5.91 Å². The molecule has 20 heavy (non-hydrogen) atoms. The highest BCUT2D eigenvalue weighted by atomic mass is 32.1. The van der Waals surface area contributed by atoms with Gasteiger partial charge in [-0.25, -0.2) is 4.98 Å². The molecule has 0 radical (unpaired) electrons. The predicted molar refractivity (Wildman–Crippen MR) is 75.6 cm³/mol. The molecule has 2 saturated heterocycles. The number of nitrogens with one attached hydrogen (secondary N) is 1. The molecule has 1 aromatic rings. The summed E-state index contributed by atoms with van der Waals surface area (Å²) < 4.78 is 0. The van der Waals surface area contributed by atoms with Crippen LogP contribution in [-0.4, -0.2) is 65.4 Å². The highest BCUT2D eigenvalue weighted by Crippen LogP contribution is 2.19. The van der Waals surface area contributed by atoms with E-state index in [0.717, 1.165) is 32.5 Å². The Kier molecular flexibility index (Phi) is 3.98. The highest BCUT2D eigenvalue weighted by Gasteiger charge is 2.32. The molecular formula is C13H18N4O2S. The molecule has 2 aliphatic heterocycles. The van der Waals surface area contributed by atoms with Crippen LogP contribution in [-0.2, 0) is 4.79 Å². The number of hydrogen-bond acceptors (Lipinski definition) is 5. The van der Waals surface area contributed by atoms with Gasteiger partial charge < -0.3 is 15.1 Å². The smallest absolute Gasteiger partial charge is 0.273 e. The van der Waals surface area contributed by atoms with Crippen molar-refractivity contribution in [3.05, 3.63) is 16.6 Å². The fourth-order valence-corrected chi connectivity index (χ4v) is 3.41. The van der Waals surface area contributed by atoms with Crippen LogP contribution in [0.25, 0.3) is 0 Å². The van der Waals surface area contributed by atoms with Crippen molar-refractivity contribution in [2.75, 3.05) is 32.7 Å². The zero-order chi connectivity index (χ0) is 13.9. The van der Waals surface area contributed by atoms with Crippen molar-refractivity contribution in [2.45, 2.75) is 18.9 Å². The molecule has 1 N–H and O–H groups in total. The molecule has 2 amide bonds. The van der Waals surface area contributed by atoms with Crippen molar-refractivity contribution < 1.29 is 9.59 Å². The van der Waals surface area contributed by atoms with E-state index in [1.165, 1.54) is 11.3 Å². The number of aromatic nitrogens is 1. The van der Waals surface area contributed by atoms with Gasteiger partial charge in [-0.2, -0.15) is 0 Å². The third-order valence-electron chi connectivity index (χ3n) is 3.90. The Hall–Kier alpha value is -1.47. The SMILES string of the molecule is O=C(c1cscn1)N1CCCC(N2CCNCC2=O)C1. The standard InChI is InChI=1S/C13H18N4O2S/c18-12-6-14-3-5-17(12)10-2-1-4-16(7-10)13(19)11-8-20-9-15-11/h8-10,14H,1-7H2. The lowest BCUT2D eigenvalue weighted by Crippen LogP contribution is -2.57. The predicted octanol–water partition coefficient (Wildman–Crippen LogP) is 0.180. The van der Waals surface area contributed by atoms with Gasteiger partial charge in [0.05, 0.1) is 12.1 Å². The van der Waals surface area contributed by atoms with E-state index in [-0.39, 0.29) is 17.9 Å². The Bertz CT molecular complexity index is 491. The molecule has 6 nitrogen and oxygen atoms in total. The minimum absolute atomic E-state index is 0.0152. The average molecular weight is 294 g/mol. The second-order valence-corrected chi connectivity index (χ2v) is 5.90. The molecule has 3 heterocycles. The average Bonchev–Trinajstić information content (AvgIpc) is 3.01. The molecule has 108 valence electrons. The Morgan fingerprint density at radius 2 is 2.35 bits per heavy atom. The van der Waals surface area contributed by atoms with Gasteiger partial charge in [-0.15, -0.1) is 11.3 Å². The first-order valence-corrected chi connectivity index (χ1v) is 7.87. The number of amides is 2. The van der Waals surface area contributed by atoms with E-state index in [0.29, 0.717) is 18.8 Å². The van der Waals surface area contributed by atoms with Crippen LogP contribution in [0.4, 0.5) is 0 Å². The van der Waals surface area contributed by atoms with E-state index in [1.54, 1.807) is 10.9 Å². The summed E-state index contributed by atoms with van der Waals surface area (Å²) in [6.07, 6.45) is 1.92. The van der Waals surface area contributed by atoms with Gasteiger partial charge in [-0.1, -0.05) is 0 Å². The molecule has 2 fully saturated rings. The maximum absolute atomic E-state index is 12.3. The van der Waals surface area contributed by atoms with Crippen LogP contribution in [0.2, 0.25) is 0 Å². The summed E-state index contributed by atoms with van der Waals surface area (Å²) >= 11 is 1.43. The lowest BCUT2D eigenvalue weighted by atomic mass is 10.0. The number of likely N-dealkylation sites (tertiary alicyclic amines) is 1. The minimum atomic E-state index is -0.0152. The van der Waals surface area contributed by atoms with Crippen LogP contribution in [0.15, 0.2) is 10.9 Å². The van der Waals surface area contributed by atoms with Crippen LogP contribution >= 0.6 is 11.3 Å². The van der Waals surface area contributed by atoms with Crippen LogP contribution in [0.1, 0.15) is 23.3 Å². The van der Waals surface area contributed by atoms with Gasteiger partial charge in [0.15, 0.2) is 0 Å². The van der Waals surface area contributed by atoms with Crippen molar-refractivity contribution in [3.8, 4) is 0 Å². The Morgan fingerprint density at radius 1 is 1.45 bits per heavy atom. The summed E-state index contributed by atoms with van der Waals surface area (Å²) in [6.45, 7) is 3.37. The zero-order valence-corrected chi connectivity index (χ0v) is 12.1. The molecule has 0 aliphatic carbocycles. The van der Waals surface area contributed by atoms with Crippen molar-refractivity contribution in [3.63, 3.8) is 0 Å². The van der Waals surface area contributed by atoms with Crippen LogP contribution in [0.3, 0.4) is 0 Å². The second kappa shape index (κ2) is 5.88. The van der Waals surface area contributed by atoms with Crippen molar-refractivity contribution in [1.29, 1.82) is 0 Å². The van der Waals surface area contributed by atoms with Gasteiger partial charge in [0.25, 0.3) is 5.91 Å². The molecule has 0 saturated carbocycles. The molecule has 1 aromatic heterocycles. The lowest BCUT2D eigenvalue weighted by molar-refractivity contribution is -0.135. The van der Waals surface area contributed by atoms with E-state index in [1.807, 2.05) is 9.80 Å². The van der Waals surface area contributed by atoms with Crippen LogP contribution < -0.4 is 5.32 Å². The monoisotopic (exact) mass is 294 g/mol. The number of thiazole rings is 1. The number of carbonyl (C=O) groups excluding carboxylic acids is 2. The molecule has 0 aromatic carbocycles. The normalized spacial score (nSPS) is 24.0. The molecule has 0 bridgehead atoms. The first-order valence-electron chi connectivity index (χ1n) is 6.93. The first kappa shape index (κ1) is 13.5. The van der Waals surface area contributed by atoms with E-state index in [4.69, 9.17) is 0 Å².